The molecular weight excluding hydrogens is 373 g/mol. The fourth-order valence-electron chi connectivity index (χ4n) is 3.45. The maximum Gasteiger partial charge on any atom is 0.257 e. The molecule has 2 aromatic rings. The predicted octanol–water partition coefficient (Wildman–Crippen LogP) is 3.54. The Labute approximate surface area is 170 Å². The Hall–Kier alpha value is -2.96. The number of nitrogens with zero attached hydrogens (tertiary/aromatic N) is 2. The Kier molecular flexibility index (Phi) is 6.46. The van der Waals surface area contributed by atoms with Gasteiger partial charge in [0.1, 0.15) is 11.4 Å². The van der Waals surface area contributed by atoms with E-state index in [0.29, 0.717) is 43.1 Å². The summed E-state index contributed by atoms with van der Waals surface area (Å²) in [5, 5.41) is 3.03. The minimum atomic E-state index is -0.364. The fourth-order valence-corrected chi connectivity index (χ4v) is 3.45. The molecule has 1 unspecified atom stereocenters. The first kappa shape index (κ1) is 20.8. The van der Waals surface area contributed by atoms with E-state index < -0.39 is 0 Å². The van der Waals surface area contributed by atoms with Gasteiger partial charge in [-0.15, -0.1) is 0 Å². The second-order valence-electron chi connectivity index (χ2n) is 7.25. The van der Waals surface area contributed by atoms with Crippen molar-refractivity contribution in [3.8, 4) is 5.88 Å². The Balaban J connectivity index is 1.88. The number of rotatable bonds is 5. The third kappa shape index (κ3) is 4.91. The molecule has 1 aromatic heterocycles. The van der Waals surface area contributed by atoms with E-state index in [1.807, 2.05) is 13.8 Å². The summed E-state index contributed by atoms with van der Waals surface area (Å²) in [4.78, 5) is 30.9. The number of hydrogen-bond donors (Lipinski definition) is 1. The van der Waals surface area contributed by atoms with E-state index in [1.54, 1.807) is 23.1 Å². The van der Waals surface area contributed by atoms with Gasteiger partial charge in [0, 0.05) is 25.7 Å². The summed E-state index contributed by atoms with van der Waals surface area (Å²) < 4.78 is 19.5. The van der Waals surface area contributed by atoms with Gasteiger partial charge in [-0.3, -0.25) is 9.59 Å². The summed E-state index contributed by atoms with van der Waals surface area (Å²) in [6.45, 7) is 6.58. The summed E-state index contributed by atoms with van der Waals surface area (Å²) in [5.41, 5.74) is 2.65. The number of fused-ring (bicyclic) bond motifs is 1. The van der Waals surface area contributed by atoms with Gasteiger partial charge in [0.05, 0.1) is 12.6 Å². The van der Waals surface area contributed by atoms with Crippen LogP contribution in [0.2, 0.25) is 0 Å². The SMILES string of the molecule is CCCOc1nc(C)ccc1C(=O)NC1CCN(C(C)=O)Cc2cc(F)ccc21. The highest BCUT2D eigenvalue weighted by atomic mass is 19.1. The molecule has 0 radical (unpaired) electrons. The summed E-state index contributed by atoms with van der Waals surface area (Å²) in [6.07, 6.45) is 1.34. The van der Waals surface area contributed by atoms with Gasteiger partial charge in [-0.1, -0.05) is 13.0 Å². The van der Waals surface area contributed by atoms with Crippen LogP contribution in [0.5, 0.6) is 5.88 Å². The highest BCUT2D eigenvalue weighted by Gasteiger charge is 2.26. The molecule has 1 aliphatic rings. The van der Waals surface area contributed by atoms with E-state index in [0.717, 1.165) is 17.7 Å². The normalized spacial score (nSPS) is 16.0. The van der Waals surface area contributed by atoms with Gasteiger partial charge < -0.3 is 15.0 Å². The quantitative estimate of drug-likeness (QED) is 0.835. The maximum absolute atomic E-state index is 13.8. The molecule has 0 saturated heterocycles. The highest BCUT2D eigenvalue weighted by molar-refractivity contribution is 5.96. The van der Waals surface area contributed by atoms with Crippen molar-refractivity contribution in [3.63, 3.8) is 0 Å². The van der Waals surface area contributed by atoms with Gasteiger partial charge in [0.2, 0.25) is 11.8 Å². The molecule has 3 rings (SSSR count). The molecule has 6 nitrogen and oxygen atoms in total. The summed E-state index contributed by atoms with van der Waals surface area (Å²) in [6, 6.07) is 7.61. The van der Waals surface area contributed by atoms with Crippen LogP contribution >= 0.6 is 0 Å². The maximum atomic E-state index is 13.8. The average molecular weight is 399 g/mol. The minimum Gasteiger partial charge on any atom is -0.477 e. The molecule has 1 aromatic carbocycles. The van der Waals surface area contributed by atoms with Gasteiger partial charge in [-0.2, -0.15) is 0 Å². The van der Waals surface area contributed by atoms with Crippen LogP contribution in [0.1, 0.15) is 59.9 Å². The van der Waals surface area contributed by atoms with E-state index in [2.05, 4.69) is 10.3 Å². The molecule has 1 N–H and O–H groups in total. The number of carbonyl (C=O) groups excluding carboxylic acids is 2. The number of hydrogen-bond acceptors (Lipinski definition) is 4. The number of pyridine rings is 1. The second-order valence-corrected chi connectivity index (χ2v) is 7.25. The number of benzene rings is 1. The molecule has 0 fully saturated rings. The lowest BCUT2D eigenvalue weighted by Crippen LogP contribution is -2.31. The van der Waals surface area contributed by atoms with E-state index in [9.17, 15) is 14.0 Å². The van der Waals surface area contributed by atoms with Crippen molar-refractivity contribution in [1.82, 2.24) is 15.2 Å². The van der Waals surface area contributed by atoms with Gasteiger partial charge in [-0.25, -0.2) is 9.37 Å². The minimum absolute atomic E-state index is 0.0785. The van der Waals surface area contributed by atoms with Gasteiger partial charge >= 0.3 is 0 Å². The molecule has 154 valence electrons. The summed E-state index contributed by atoms with van der Waals surface area (Å²) in [5.74, 6) is -0.440. The molecule has 0 bridgehead atoms. The zero-order valence-electron chi connectivity index (χ0n) is 17.0. The molecule has 2 amide bonds. The first-order chi connectivity index (χ1) is 13.9. The van der Waals surface area contributed by atoms with Crippen molar-refractivity contribution in [2.45, 2.75) is 46.2 Å². The lowest BCUT2D eigenvalue weighted by Gasteiger charge is -2.20. The van der Waals surface area contributed by atoms with Crippen LogP contribution in [-0.4, -0.2) is 34.8 Å². The van der Waals surface area contributed by atoms with E-state index in [4.69, 9.17) is 4.74 Å². The van der Waals surface area contributed by atoms with Crippen LogP contribution in [0.4, 0.5) is 4.39 Å². The molecule has 1 aliphatic heterocycles. The number of aryl methyl sites for hydroxylation is 1. The Morgan fingerprint density at radius 3 is 2.83 bits per heavy atom. The Morgan fingerprint density at radius 1 is 1.31 bits per heavy atom. The number of ether oxygens (including phenoxy) is 1. The largest absolute Gasteiger partial charge is 0.477 e. The lowest BCUT2D eigenvalue weighted by molar-refractivity contribution is -0.129. The van der Waals surface area contributed by atoms with Gasteiger partial charge in [0.15, 0.2) is 0 Å². The van der Waals surface area contributed by atoms with E-state index >= 15 is 0 Å². The van der Waals surface area contributed by atoms with Crippen LogP contribution in [0.15, 0.2) is 30.3 Å². The van der Waals surface area contributed by atoms with Gasteiger partial charge in [0.25, 0.3) is 5.91 Å². The molecule has 0 aliphatic carbocycles. The fraction of sp³-hybridized carbons (Fsp3) is 0.409. The Bertz CT molecular complexity index is 916. The number of halogens is 1. The molecular formula is C22H26FN3O3. The monoisotopic (exact) mass is 399 g/mol. The van der Waals surface area contributed by atoms with Crippen LogP contribution in [0.3, 0.4) is 0 Å². The van der Waals surface area contributed by atoms with Crippen molar-refractivity contribution >= 4 is 11.8 Å². The van der Waals surface area contributed by atoms with Crippen molar-refractivity contribution in [1.29, 1.82) is 0 Å². The summed E-state index contributed by atoms with van der Waals surface area (Å²) in [7, 11) is 0. The molecule has 0 saturated carbocycles. The first-order valence-corrected chi connectivity index (χ1v) is 9.84. The Morgan fingerprint density at radius 2 is 2.10 bits per heavy atom. The number of nitrogens with one attached hydrogen (secondary N) is 1. The zero-order chi connectivity index (χ0) is 21.0. The number of carbonyl (C=O) groups is 2. The molecule has 29 heavy (non-hydrogen) atoms. The standard InChI is InChI=1S/C22H26FN3O3/c1-4-11-29-22-19(7-5-14(2)24-22)21(28)25-20-9-10-26(15(3)27)13-16-12-17(23)6-8-18(16)20/h5-8,12,20H,4,9-11,13H2,1-3H3,(H,25,28). The van der Waals surface area contributed by atoms with Crippen molar-refractivity contribution < 1.29 is 18.7 Å². The average Bonchev–Trinajstić information content (AvgIpc) is 2.85. The van der Waals surface area contributed by atoms with Gasteiger partial charge in [-0.05, 0) is 55.2 Å². The predicted molar refractivity (Wildman–Crippen MR) is 107 cm³/mol. The molecule has 0 spiro atoms. The van der Waals surface area contributed by atoms with Crippen molar-refractivity contribution in [2.75, 3.05) is 13.2 Å². The molecule has 1 atom stereocenters. The molecule has 2 heterocycles. The van der Waals surface area contributed by atoms with E-state index in [1.165, 1.54) is 19.1 Å². The second kappa shape index (κ2) is 9.03. The zero-order valence-corrected chi connectivity index (χ0v) is 17.0. The van der Waals surface area contributed by atoms with Crippen LogP contribution in [0.25, 0.3) is 0 Å². The number of aromatic nitrogens is 1. The van der Waals surface area contributed by atoms with Crippen LogP contribution < -0.4 is 10.1 Å². The third-order valence-electron chi connectivity index (χ3n) is 4.97. The lowest BCUT2D eigenvalue weighted by atomic mass is 9.98. The van der Waals surface area contributed by atoms with Crippen LogP contribution in [0, 0.1) is 12.7 Å². The molecule has 7 heteroatoms. The third-order valence-corrected chi connectivity index (χ3v) is 4.97. The summed E-state index contributed by atoms with van der Waals surface area (Å²) >= 11 is 0. The highest BCUT2D eigenvalue weighted by Crippen LogP contribution is 2.28. The van der Waals surface area contributed by atoms with E-state index in [-0.39, 0.29) is 23.7 Å². The van der Waals surface area contributed by atoms with Crippen molar-refractivity contribution in [2.24, 2.45) is 0 Å². The first-order valence-electron chi connectivity index (χ1n) is 9.84. The van der Waals surface area contributed by atoms with Crippen molar-refractivity contribution in [3.05, 3.63) is 58.5 Å². The number of amides is 2. The van der Waals surface area contributed by atoms with Crippen LogP contribution in [-0.2, 0) is 11.3 Å². The topological polar surface area (TPSA) is 71.5 Å². The smallest absolute Gasteiger partial charge is 0.257 e.